The van der Waals surface area contributed by atoms with E-state index in [1.54, 1.807) is 65.7 Å². The number of aromatic carboxylic acids is 1. The number of hydrogen-bond donors (Lipinski definition) is 2. The van der Waals surface area contributed by atoms with Gasteiger partial charge in [-0.15, -0.1) is 11.3 Å². The van der Waals surface area contributed by atoms with E-state index in [9.17, 15) is 19.5 Å². The van der Waals surface area contributed by atoms with E-state index in [1.165, 1.54) is 11.3 Å². The second-order valence-corrected chi connectivity index (χ2v) is 13.0. The third-order valence-electron chi connectivity index (χ3n) is 8.69. The number of benzene rings is 2. The van der Waals surface area contributed by atoms with Crippen LogP contribution in [0.3, 0.4) is 0 Å². The first kappa shape index (κ1) is 31.7. The highest BCUT2D eigenvalue weighted by Crippen LogP contribution is 2.44. The van der Waals surface area contributed by atoms with E-state index >= 15 is 0 Å². The summed E-state index contributed by atoms with van der Waals surface area (Å²) in [5.74, 6) is -0.767. The fraction of sp³-hybridized carbons (Fsp3) is 0.314. The molecule has 0 unspecified atom stereocenters. The summed E-state index contributed by atoms with van der Waals surface area (Å²) in [7, 11) is 0. The van der Waals surface area contributed by atoms with Crippen molar-refractivity contribution in [3.05, 3.63) is 93.5 Å². The van der Waals surface area contributed by atoms with Crippen molar-refractivity contribution in [3.63, 3.8) is 0 Å². The van der Waals surface area contributed by atoms with Crippen LogP contribution < -0.4 is 15.1 Å². The zero-order valence-corrected chi connectivity index (χ0v) is 27.3. The van der Waals surface area contributed by atoms with Crippen LogP contribution in [-0.4, -0.2) is 60.7 Å². The summed E-state index contributed by atoms with van der Waals surface area (Å²) in [6.07, 6.45) is 4.27. The Bertz CT molecular complexity index is 1780. The zero-order valence-electron chi connectivity index (χ0n) is 25.7. The number of thiophene rings is 1. The summed E-state index contributed by atoms with van der Waals surface area (Å²) in [5, 5.41) is 13.0. The number of anilines is 3. The van der Waals surface area contributed by atoms with Crippen LogP contribution in [0.5, 0.6) is 0 Å². The maximum Gasteiger partial charge on any atom is 0.345 e. The predicted octanol–water partition coefficient (Wildman–Crippen LogP) is 7.26. The van der Waals surface area contributed by atoms with E-state index in [2.05, 4.69) is 15.2 Å². The molecule has 0 atom stereocenters. The maximum absolute atomic E-state index is 13.8. The Hall–Kier alpha value is -4.25. The quantitative estimate of drug-likeness (QED) is 0.232. The third kappa shape index (κ3) is 6.12. The number of hydrogen-bond acceptors (Lipinski definition) is 7. The Morgan fingerprint density at radius 2 is 1.76 bits per heavy atom. The number of halogens is 1. The first-order valence-corrected chi connectivity index (χ1v) is 16.7. The molecular formula is C35H35ClN4O5S. The largest absolute Gasteiger partial charge is 0.477 e. The Kier molecular flexibility index (Phi) is 9.13. The second-order valence-electron chi connectivity index (χ2n) is 11.5. The number of carboxylic acid groups (broad SMARTS) is 1. The van der Waals surface area contributed by atoms with Crippen molar-refractivity contribution in [2.75, 3.05) is 48.0 Å². The lowest BCUT2D eigenvalue weighted by atomic mass is 9.73. The van der Waals surface area contributed by atoms with Crippen LogP contribution in [-0.2, 0) is 11.2 Å². The molecule has 1 spiro atoms. The van der Waals surface area contributed by atoms with Gasteiger partial charge in [0, 0.05) is 71.2 Å². The van der Waals surface area contributed by atoms with Crippen LogP contribution >= 0.6 is 22.9 Å². The second kappa shape index (κ2) is 13.2. The Morgan fingerprint density at radius 3 is 2.48 bits per heavy atom. The van der Waals surface area contributed by atoms with Gasteiger partial charge in [0.25, 0.3) is 11.8 Å². The molecule has 0 bridgehead atoms. The van der Waals surface area contributed by atoms with E-state index in [1.807, 2.05) is 19.9 Å². The van der Waals surface area contributed by atoms with Gasteiger partial charge in [-0.05, 0) is 85.5 Å². The van der Waals surface area contributed by atoms with Crippen LogP contribution in [0.1, 0.15) is 62.6 Å². The van der Waals surface area contributed by atoms with Crippen molar-refractivity contribution in [2.45, 2.75) is 33.1 Å². The molecule has 0 saturated carbocycles. The van der Waals surface area contributed by atoms with Crippen LogP contribution in [0.15, 0.2) is 66.9 Å². The highest BCUT2D eigenvalue weighted by molar-refractivity contribution is 7.17. The van der Waals surface area contributed by atoms with Gasteiger partial charge in [-0.2, -0.15) is 0 Å². The molecule has 4 aromatic rings. The van der Waals surface area contributed by atoms with Gasteiger partial charge in [0.2, 0.25) is 0 Å². The van der Waals surface area contributed by atoms with E-state index < -0.39 is 5.97 Å². The number of pyridine rings is 1. The maximum atomic E-state index is 13.8. The number of nitrogens with one attached hydrogen (secondary N) is 1. The van der Waals surface area contributed by atoms with Crippen molar-refractivity contribution in [3.8, 4) is 10.4 Å². The van der Waals surface area contributed by atoms with Crippen molar-refractivity contribution in [1.82, 2.24) is 4.98 Å². The minimum atomic E-state index is -0.970. The fourth-order valence-corrected chi connectivity index (χ4v) is 7.59. The molecule has 5 heterocycles. The van der Waals surface area contributed by atoms with Gasteiger partial charge in [0.15, 0.2) is 0 Å². The Labute approximate surface area is 276 Å². The number of carbonyl (C=O) groups excluding carboxylic acids is 2. The summed E-state index contributed by atoms with van der Waals surface area (Å²) in [4.78, 5) is 48.2. The molecule has 7 rings (SSSR count). The Morgan fingerprint density at radius 1 is 1.02 bits per heavy atom. The first-order chi connectivity index (χ1) is 22.3. The molecule has 238 valence electrons. The normalized spacial score (nSPS) is 16.2. The van der Waals surface area contributed by atoms with Gasteiger partial charge >= 0.3 is 5.97 Å². The van der Waals surface area contributed by atoms with Crippen molar-refractivity contribution in [1.29, 1.82) is 0 Å². The molecule has 0 aliphatic carbocycles. The van der Waals surface area contributed by atoms with Gasteiger partial charge < -0.3 is 25.0 Å². The zero-order chi connectivity index (χ0) is 32.4. The molecule has 2 N–H and O–H groups in total. The van der Waals surface area contributed by atoms with Gasteiger partial charge in [-0.25, -0.2) is 9.78 Å². The van der Waals surface area contributed by atoms with E-state index in [4.69, 9.17) is 16.3 Å². The molecule has 2 amide bonds. The minimum absolute atomic E-state index is 0.214. The SMILES string of the molecule is CC.O=C(O)c1cc2c(s1)-c1ccc(Cl)cc1N(C(=O)c1ccc(NC(=O)c3cccnc3N3CC4(CCOCC4)C3)cc1)CC2. The number of carbonyl (C=O) groups is 3. The summed E-state index contributed by atoms with van der Waals surface area (Å²) >= 11 is 7.55. The standard InChI is InChI=1S/C33H29ClN4O5S.C2H6/c34-22-5-8-24-26(17-22)38(13-9-21-16-27(32(41)42)44-28(21)24)31(40)20-3-6-23(7-4-20)36-30(39)25-2-1-12-35-29(25)37-18-33(19-37)10-14-43-15-11-33;1-2/h1-8,12,16-17H,9-11,13-15,18-19H2,(H,36,39)(H,41,42);1-2H3. The van der Waals surface area contributed by atoms with Gasteiger partial charge in [0.05, 0.1) is 11.3 Å². The highest BCUT2D eigenvalue weighted by atomic mass is 35.5. The number of rotatable bonds is 5. The van der Waals surface area contributed by atoms with Gasteiger partial charge in [-0.1, -0.05) is 25.4 Å². The van der Waals surface area contributed by atoms with Crippen molar-refractivity contribution in [2.24, 2.45) is 5.41 Å². The van der Waals surface area contributed by atoms with E-state index in [-0.39, 0.29) is 22.1 Å². The number of amides is 2. The van der Waals surface area contributed by atoms with Crippen molar-refractivity contribution < 1.29 is 24.2 Å². The molecule has 2 aromatic heterocycles. The topological polar surface area (TPSA) is 112 Å². The summed E-state index contributed by atoms with van der Waals surface area (Å²) in [6, 6.07) is 17.4. The predicted molar refractivity (Wildman–Crippen MR) is 182 cm³/mol. The lowest BCUT2D eigenvalue weighted by molar-refractivity contribution is -0.000511. The monoisotopic (exact) mass is 658 g/mol. The number of ether oxygens (including phenoxy) is 1. The van der Waals surface area contributed by atoms with Gasteiger partial charge in [0.1, 0.15) is 10.7 Å². The fourth-order valence-electron chi connectivity index (χ4n) is 6.34. The highest BCUT2D eigenvalue weighted by Gasteiger charge is 2.45. The van der Waals surface area contributed by atoms with Crippen LogP contribution in [0.4, 0.5) is 17.2 Å². The number of aromatic nitrogens is 1. The summed E-state index contributed by atoms with van der Waals surface area (Å²) < 4.78 is 5.53. The lowest BCUT2D eigenvalue weighted by Gasteiger charge is -2.53. The Balaban J connectivity index is 0.00000182. The number of carboxylic acids is 1. The lowest BCUT2D eigenvalue weighted by Crippen LogP contribution is -2.59. The van der Waals surface area contributed by atoms with Crippen LogP contribution in [0.2, 0.25) is 5.02 Å². The summed E-state index contributed by atoms with van der Waals surface area (Å²) in [5.41, 5.74) is 4.07. The van der Waals surface area contributed by atoms with Crippen molar-refractivity contribution >= 4 is 57.9 Å². The third-order valence-corrected chi connectivity index (χ3v) is 10.1. The number of fused-ring (bicyclic) bond motifs is 3. The number of nitrogens with zero attached hydrogens (tertiary/aromatic N) is 3. The van der Waals surface area contributed by atoms with E-state index in [0.717, 1.165) is 55.1 Å². The smallest absolute Gasteiger partial charge is 0.345 e. The van der Waals surface area contributed by atoms with Gasteiger partial charge in [-0.3, -0.25) is 9.59 Å². The molecule has 0 radical (unpaired) electrons. The summed E-state index contributed by atoms with van der Waals surface area (Å²) in [6.45, 7) is 7.65. The molecule has 2 saturated heterocycles. The van der Waals surface area contributed by atoms with Crippen LogP contribution in [0.25, 0.3) is 10.4 Å². The molecule has 9 nitrogen and oxygen atoms in total. The minimum Gasteiger partial charge on any atom is -0.477 e. The molecular weight excluding hydrogens is 624 g/mol. The first-order valence-electron chi connectivity index (χ1n) is 15.5. The average molecular weight is 659 g/mol. The molecule has 3 aliphatic heterocycles. The molecule has 2 fully saturated rings. The van der Waals surface area contributed by atoms with E-state index in [0.29, 0.717) is 46.3 Å². The molecule has 46 heavy (non-hydrogen) atoms. The average Bonchev–Trinajstić information content (AvgIpc) is 3.43. The molecule has 2 aromatic carbocycles. The molecule has 11 heteroatoms. The van der Waals surface area contributed by atoms with Crippen LogP contribution in [0, 0.1) is 5.41 Å². The molecule has 3 aliphatic rings.